The normalized spacial score (nSPS) is 19.0. The topological polar surface area (TPSA) is 92.5 Å². The lowest BCUT2D eigenvalue weighted by molar-refractivity contribution is -0.119. The molecule has 2 atom stereocenters. The van der Waals surface area contributed by atoms with Gasteiger partial charge in [-0.2, -0.15) is 4.31 Å². The molecular formula is C18H29N3O3S. The Balaban J connectivity index is 2.27. The number of hydrogen-bond donors (Lipinski definition) is 2. The molecule has 1 aliphatic rings. The average Bonchev–Trinajstić information content (AvgIpc) is 2.85. The molecule has 6 nitrogen and oxygen atoms in total. The lowest BCUT2D eigenvalue weighted by Gasteiger charge is -2.22. The number of nitrogens with zero attached hydrogens (tertiary/aromatic N) is 1. The van der Waals surface area contributed by atoms with E-state index < -0.39 is 10.0 Å². The molecule has 140 valence electrons. The fraction of sp³-hybridized carbons (Fsp3) is 0.611. The molecule has 1 heterocycles. The zero-order valence-corrected chi connectivity index (χ0v) is 16.1. The van der Waals surface area contributed by atoms with Crippen LogP contribution in [0.25, 0.3) is 0 Å². The highest BCUT2D eigenvalue weighted by Gasteiger charge is 2.27. The van der Waals surface area contributed by atoms with Crippen molar-refractivity contribution in [3.63, 3.8) is 0 Å². The molecule has 7 heteroatoms. The summed E-state index contributed by atoms with van der Waals surface area (Å²) in [5.41, 5.74) is 6.93. The maximum Gasteiger partial charge on any atom is 0.243 e. The van der Waals surface area contributed by atoms with Crippen molar-refractivity contribution in [2.45, 2.75) is 57.4 Å². The summed E-state index contributed by atoms with van der Waals surface area (Å²) < 4.78 is 27.6. The smallest absolute Gasteiger partial charge is 0.243 e. The Morgan fingerprint density at radius 1 is 1.16 bits per heavy atom. The van der Waals surface area contributed by atoms with Gasteiger partial charge in [-0.05, 0) is 44.4 Å². The Kier molecular flexibility index (Phi) is 6.59. The van der Waals surface area contributed by atoms with Crippen LogP contribution in [-0.4, -0.2) is 37.8 Å². The van der Waals surface area contributed by atoms with Crippen LogP contribution in [0.5, 0.6) is 0 Å². The van der Waals surface area contributed by atoms with Gasteiger partial charge in [0.05, 0.1) is 10.8 Å². The number of benzene rings is 1. The van der Waals surface area contributed by atoms with Crippen molar-refractivity contribution in [2.75, 3.05) is 18.4 Å². The lowest BCUT2D eigenvalue weighted by Crippen LogP contribution is -2.34. The number of aryl methyl sites for hydroxylation is 1. The van der Waals surface area contributed by atoms with Gasteiger partial charge in [0.1, 0.15) is 0 Å². The van der Waals surface area contributed by atoms with Crippen molar-refractivity contribution in [2.24, 2.45) is 11.7 Å². The first-order valence-electron chi connectivity index (χ1n) is 8.90. The van der Waals surface area contributed by atoms with Gasteiger partial charge in [-0.3, -0.25) is 4.79 Å². The number of amides is 1. The quantitative estimate of drug-likeness (QED) is 0.836. The first kappa shape index (κ1) is 19.9. The number of sulfonamides is 1. The molecule has 1 aromatic carbocycles. The summed E-state index contributed by atoms with van der Waals surface area (Å²) in [7, 11) is -3.55. The molecule has 2 unspecified atom stereocenters. The molecule has 0 bridgehead atoms. The van der Waals surface area contributed by atoms with Crippen LogP contribution < -0.4 is 11.1 Å². The van der Waals surface area contributed by atoms with E-state index in [4.69, 9.17) is 5.73 Å². The van der Waals surface area contributed by atoms with Crippen molar-refractivity contribution < 1.29 is 13.2 Å². The number of hydrogen-bond acceptors (Lipinski definition) is 4. The molecule has 0 radical (unpaired) electrons. The van der Waals surface area contributed by atoms with Gasteiger partial charge in [0, 0.05) is 24.8 Å². The minimum atomic E-state index is -3.55. The van der Waals surface area contributed by atoms with Crippen LogP contribution >= 0.6 is 0 Å². The van der Waals surface area contributed by atoms with E-state index in [1.54, 1.807) is 43.3 Å². The molecule has 2 rings (SSSR count). The highest BCUT2D eigenvalue weighted by atomic mass is 32.2. The largest absolute Gasteiger partial charge is 0.327 e. The Bertz CT molecular complexity index is 708. The van der Waals surface area contributed by atoms with E-state index in [1.807, 2.05) is 0 Å². The lowest BCUT2D eigenvalue weighted by atomic mass is 10.0. The van der Waals surface area contributed by atoms with Gasteiger partial charge >= 0.3 is 0 Å². The van der Waals surface area contributed by atoms with Crippen molar-refractivity contribution in [1.29, 1.82) is 0 Å². The third kappa shape index (κ3) is 4.80. The molecule has 1 fully saturated rings. The van der Waals surface area contributed by atoms with Gasteiger partial charge < -0.3 is 11.1 Å². The third-order valence-electron chi connectivity index (χ3n) is 4.84. The predicted octanol–water partition coefficient (Wildman–Crippen LogP) is 2.48. The first-order chi connectivity index (χ1) is 11.7. The number of anilines is 1. The monoisotopic (exact) mass is 367 g/mol. The van der Waals surface area contributed by atoms with Crippen LogP contribution in [0, 0.1) is 12.8 Å². The molecule has 1 amide bonds. The number of carbonyl (C=O) groups is 1. The summed E-state index contributed by atoms with van der Waals surface area (Å²) >= 11 is 0. The van der Waals surface area contributed by atoms with E-state index in [9.17, 15) is 13.2 Å². The van der Waals surface area contributed by atoms with Gasteiger partial charge in [0.15, 0.2) is 0 Å². The number of nitrogens with one attached hydrogen (secondary N) is 1. The minimum absolute atomic E-state index is 0.211. The summed E-state index contributed by atoms with van der Waals surface area (Å²) in [6.45, 7) is 6.42. The molecule has 3 N–H and O–H groups in total. The second-order valence-electron chi connectivity index (χ2n) is 6.94. The van der Waals surface area contributed by atoms with Crippen molar-refractivity contribution >= 4 is 21.6 Å². The molecule has 1 aliphatic heterocycles. The highest BCUT2D eigenvalue weighted by molar-refractivity contribution is 7.89. The van der Waals surface area contributed by atoms with E-state index in [-0.39, 0.29) is 22.8 Å². The molecule has 0 spiro atoms. The number of carbonyl (C=O) groups excluding carboxylic acids is 1. The first-order valence-corrected chi connectivity index (χ1v) is 10.3. The fourth-order valence-corrected chi connectivity index (χ4v) is 4.64. The van der Waals surface area contributed by atoms with Crippen molar-refractivity contribution in [3.05, 3.63) is 23.8 Å². The van der Waals surface area contributed by atoms with Gasteiger partial charge in [-0.1, -0.05) is 25.8 Å². The fourth-order valence-electron chi connectivity index (χ4n) is 2.87. The van der Waals surface area contributed by atoms with Crippen LogP contribution in [0.2, 0.25) is 0 Å². The molecule has 1 aromatic rings. The second-order valence-corrected chi connectivity index (χ2v) is 8.84. The van der Waals surface area contributed by atoms with Crippen LogP contribution in [-0.2, 0) is 14.8 Å². The Labute approximate surface area is 150 Å². The van der Waals surface area contributed by atoms with Crippen molar-refractivity contribution in [3.8, 4) is 0 Å². The van der Waals surface area contributed by atoms with Gasteiger partial charge in [-0.15, -0.1) is 0 Å². The SMILES string of the molecule is Cc1ccc(NC(=O)C(C)C(C)N)cc1S(=O)(=O)N1CCCCCC1. The predicted molar refractivity (Wildman–Crippen MR) is 99.8 cm³/mol. The van der Waals surface area contributed by atoms with Gasteiger partial charge in [0.25, 0.3) is 0 Å². The summed E-state index contributed by atoms with van der Waals surface area (Å²) in [6, 6.07) is 4.74. The van der Waals surface area contributed by atoms with Crippen LogP contribution in [0.15, 0.2) is 23.1 Å². The average molecular weight is 368 g/mol. The highest BCUT2D eigenvalue weighted by Crippen LogP contribution is 2.26. The molecule has 25 heavy (non-hydrogen) atoms. The molecule has 0 aromatic heterocycles. The molecule has 0 aliphatic carbocycles. The Morgan fingerprint density at radius 2 is 1.76 bits per heavy atom. The van der Waals surface area contributed by atoms with E-state index in [1.165, 1.54) is 0 Å². The standard InChI is InChI=1S/C18H29N3O3S/c1-13-8-9-16(20-18(22)14(2)15(3)19)12-17(13)25(23,24)21-10-6-4-5-7-11-21/h8-9,12,14-15H,4-7,10-11,19H2,1-3H3,(H,20,22). The van der Waals surface area contributed by atoms with E-state index >= 15 is 0 Å². The summed E-state index contributed by atoms with van der Waals surface area (Å²) in [6.07, 6.45) is 3.91. The van der Waals surface area contributed by atoms with Crippen LogP contribution in [0.3, 0.4) is 0 Å². The zero-order chi connectivity index (χ0) is 18.6. The molecular weight excluding hydrogens is 338 g/mol. The zero-order valence-electron chi connectivity index (χ0n) is 15.3. The molecule has 0 saturated carbocycles. The number of rotatable bonds is 5. The summed E-state index contributed by atoms with van der Waals surface area (Å²) in [5.74, 6) is -0.566. The summed E-state index contributed by atoms with van der Waals surface area (Å²) in [4.78, 5) is 12.5. The van der Waals surface area contributed by atoms with Crippen molar-refractivity contribution in [1.82, 2.24) is 4.31 Å². The maximum atomic E-state index is 13.0. The van der Waals surface area contributed by atoms with E-state index in [2.05, 4.69) is 5.32 Å². The maximum absolute atomic E-state index is 13.0. The second kappa shape index (κ2) is 8.29. The van der Waals surface area contributed by atoms with E-state index in [0.717, 1.165) is 25.7 Å². The Morgan fingerprint density at radius 3 is 2.32 bits per heavy atom. The minimum Gasteiger partial charge on any atom is -0.327 e. The third-order valence-corrected chi connectivity index (χ3v) is 6.88. The number of nitrogens with two attached hydrogens (primary N) is 1. The van der Waals surface area contributed by atoms with Gasteiger partial charge in [-0.25, -0.2) is 8.42 Å². The van der Waals surface area contributed by atoms with E-state index in [0.29, 0.717) is 24.3 Å². The molecule has 1 saturated heterocycles. The van der Waals surface area contributed by atoms with Gasteiger partial charge in [0.2, 0.25) is 15.9 Å². The Hall–Kier alpha value is -1.44. The van der Waals surface area contributed by atoms with Crippen LogP contribution in [0.1, 0.15) is 45.1 Å². The summed E-state index contributed by atoms with van der Waals surface area (Å²) in [5, 5.41) is 2.78. The van der Waals surface area contributed by atoms with Crippen LogP contribution in [0.4, 0.5) is 5.69 Å².